The number of carbonyl (C=O) groups excluding carboxylic acids is 1. The van der Waals surface area contributed by atoms with Crippen LogP contribution in [0.1, 0.15) is 16.7 Å². The maximum Gasteiger partial charge on any atom is 0.263 e. The lowest BCUT2D eigenvalue weighted by Crippen LogP contribution is -2.27. The monoisotopic (exact) mass is 379 g/mol. The smallest absolute Gasteiger partial charge is 0.263 e. The molecule has 0 aliphatic carbocycles. The standard InChI is InChI=1S/C22H25N3O3/c1-15-6-5-7-19(16(15)2)25-14-18(13-23)22(26)24-11-10-17-8-9-20(27-3)21(12-17)28-4/h5-9,12,14,25H,10-11H2,1-4H3,(H,24,26)/b18-14-. The van der Waals surface area contributed by atoms with Crippen LogP contribution in [0.4, 0.5) is 5.69 Å². The molecule has 0 heterocycles. The van der Waals surface area contributed by atoms with Gasteiger partial charge in [0.1, 0.15) is 11.6 Å². The average Bonchev–Trinajstić information content (AvgIpc) is 2.71. The van der Waals surface area contributed by atoms with E-state index in [0.29, 0.717) is 24.5 Å². The lowest BCUT2D eigenvalue weighted by Gasteiger charge is -2.10. The van der Waals surface area contributed by atoms with Gasteiger partial charge in [0.15, 0.2) is 11.5 Å². The number of hydrogen-bond donors (Lipinski definition) is 2. The normalized spacial score (nSPS) is 10.8. The fourth-order valence-electron chi connectivity index (χ4n) is 2.66. The molecule has 0 unspecified atom stereocenters. The van der Waals surface area contributed by atoms with Crippen molar-refractivity contribution in [3.05, 3.63) is 64.9 Å². The van der Waals surface area contributed by atoms with Crippen LogP contribution in [-0.2, 0) is 11.2 Å². The van der Waals surface area contributed by atoms with Crippen molar-refractivity contribution in [1.29, 1.82) is 5.26 Å². The molecule has 6 heteroatoms. The predicted molar refractivity (Wildman–Crippen MR) is 109 cm³/mol. The summed E-state index contributed by atoms with van der Waals surface area (Å²) >= 11 is 0. The summed E-state index contributed by atoms with van der Waals surface area (Å²) in [5.41, 5.74) is 4.09. The first-order valence-corrected chi connectivity index (χ1v) is 8.92. The summed E-state index contributed by atoms with van der Waals surface area (Å²) in [4.78, 5) is 12.3. The van der Waals surface area contributed by atoms with Gasteiger partial charge in [0.05, 0.1) is 14.2 Å². The summed E-state index contributed by atoms with van der Waals surface area (Å²) < 4.78 is 10.5. The molecule has 2 aromatic carbocycles. The zero-order chi connectivity index (χ0) is 20.5. The number of nitrogens with zero attached hydrogens (tertiary/aromatic N) is 1. The highest BCUT2D eigenvalue weighted by atomic mass is 16.5. The molecule has 2 N–H and O–H groups in total. The highest BCUT2D eigenvalue weighted by Crippen LogP contribution is 2.27. The number of aryl methyl sites for hydroxylation is 1. The molecule has 2 aromatic rings. The van der Waals surface area contributed by atoms with Crippen molar-refractivity contribution < 1.29 is 14.3 Å². The van der Waals surface area contributed by atoms with Gasteiger partial charge in [0, 0.05) is 18.4 Å². The highest BCUT2D eigenvalue weighted by Gasteiger charge is 2.10. The van der Waals surface area contributed by atoms with Crippen LogP contribution in [-0.4, -0.2) is 26.7 Å². The van der Waals surface area contributed by atoms with E-state index in [4.69, 9.17) is 9.47 Å². The molecule has 2 rings (SSSR count). The van der Waals surface area contributed by atoms with Gasteiger partial charge in [0.25, 0.3) is 5.91 Å². The molecule has 0 atom stereocenters. The molecule has 0 saturated heterocycles. The van der Waals surface area contributed by atoms with Gasteiger partial charge >= 0.3 is 0 Å². The molecular formula is C22H25N3O3. The van der Waals surface area contributed by atoms with Gasteiger partial charge in [-0.25, -0.2) is 0 Å². The van der Waals surface area contributed by atoms with Crippen LogP contribution in [0.5, 0.6) is 11.5 Å². The third-order valence-corrected chi connectivity index (χ3v) is 4.49. The first-order chi connectivity index (χ1) is 13.5. The van der Waals surface area contributed by atoms with Crippen molar-refractivity contribution >= 4 is 11.6 Å². The minimum absolute atomic E-state index is 0.0215. The Balaban J connectivity index is 1.95. The van der Waals surface area contributed by atoms with Crippen molar-refractivity contribution in [1.82, 2.24) is 5.32 Å². The number of methoxy groups -OCH3 is 2. The SMILES string of the molecule is COc1ccc(CCNC(=O)/C(C#N)=C\Nc2cccc(C)c2C)cc1OC. The number of benzene rings is 2. The van der Waals surface area contributed by atoms with E-state index >= 15 is 0 Å². The van der Waals surface area contributed by atoms with E-state index < -0.39 is 5.91 Å². The minimum atomic E-state index is -0.416. The second kappa shape index (κ2) is 10.0. The van der Waals surface area contributed by atoms with E-state index in [1.807, 2.05) is 56.3 Å². The summed E-state index contributed by atoms with van der Waals surface area (Å²) in [5, 5.41) is 15.1. The quantitative estimate of drug-likeness (QED) is 0.542. The Hall–Kier alpha value is -3.46. The molecule has 6 nitrogen and oxygen atoms in total. The first kappa shape index (κ1) is 20.8. The third kappa shape index (κ3) is 5.27. The maximum absolute atomic E-state index is 12.3. The number of carbonyl (C=O) groups is 1. The van der Waals surface area contributed by atoms with Gasteiger partial charge in [-0.3, -0.25) is 4.79 Å². The summed E-state index contributed by atoms with van der Waals surface area (Å²) in [5.74, 6) is 0.880. The molecule has 1 amide bonds. The second-order valence-corrected chi connectivity index (χ2v) is 6.26. The Bertz CT molecular complexity index is 914. The van der Waals surface area contributed by atoms with Crippen LogP contribution < -0.4 is 20.1 Å². The number of rotatable bonds is 8. The minimum Gasteiger partial charge on any atom is -0.493 e. The zero-order valence-electron chi connectivity index (χ0n) is 16.6. The van der Waals surface area contributed by atoms with Crippen LogP contribution in [0.15, 0.2) is 48.2 Å². The van der Waals surface area contributed by atoms with E-state index in [-0.39, 0.29) is 5.57 Å². The van der Waals surface area contributed by atoms with Crippen LogP contribution >= 0.6 is 0 Å². The van der Waals surface area contributed by atoms with Crippen molar-refractivity contribution in [2.75, 3.05) is 26.1 Å². The van der Waals surface area contributed by atoms with Gasteiger partial charge < -0.3 is 20.1 Å². The Labute approximate surface area is 165 Å². The van der Waals surface area contributed by atoms with E-state index in [1.54, 1.807) is 14.2 Å². The van der Waals surface area contributed by atoms with E-state index in [1.165, 1.54) is 6.20 Å². The van der Waals surface area contributed by atoms with Gasteiger partial charge in [-0.2, -0.15) is 5.26 Å². The van der Waals surface area contributed by atoms with Crippen LogP contribution in [0.3, 0.4) is 0 Å². The number of amides is 1. The lowest BCUT2D eigenvalue weighted by molar-refractivity contribution is -0.117. The summed E-state index contributed by atoms with van der Waals surface area (Å²) in [6.07, 6.45) is 2.04. The molecule has 0 bridgehead atoms. The Morgan fingerprint density at radius 2 is 1.89 bits per heavy atom. The largest absolute Gasteiger partial charge is 0.493 e. The third-order valence-electron chi connectivity index (χ3n) is 4.49. The number of ether oxygens (including phenoxy) is 2. The lowest BCUT2D eigenvalue weighted by atomic mass is 10.1. The van der Waals surface area contributed by atoms with Crippen molar-refractivity contribution in [3.63, 3.8) is 0 Å². The molecular weight excluding hydrogens is 354 g/mol. The molecule has 0 radical (unpaired) electrons. The number of nitrogens with one attached hydrogen (secondary N) is 2. The topological polar surface area (TPSA) is 83.4 Å². The number of anilines is 1. The van der Waals surface area contributed by atoms with Gasteiger partial charge in [-0.05, 0) is 55.2 Å². The summed E-state index contributed by atoms with van der Waals surface area (Å²) in [6, 6.07) is 13.4. The van der Waals surface area contributed by atoms with Gasteiger partial charge in [-0.15, -0.1) is 0 Å². The van der Waals surface area contributed by atoms with Crippen LogP contribution in [0.25, 0.3) is 0 Å². The Morgan fingerprint density at radius 3 is 2.57 bits per heavy atom. The fourth-order valence-corrected chi connectivity index (χ4v) is 2.66. The van der Waals surface area contributed by atoms with Crippen LogP contribution in [0, 0.1) is 25.2 Å². The van der Waals surface area contributed by atoms with Crippen molar-refractivity contribution in [3.8, 4) is 17.6 Å². The van der Waals surface area contributed by atoms with E-state index in [0.717, 1.165) is 22.4 Å². The number of hydrogen-bond acceptors (Lipinski definition) is 5. The van der Waals surface area contributed by atoms with Crippen molar-refractivity contribution in [2.45, 2.75) is 20.3 Å². The average molecular weight is 379 g/mol. The molecule has 0 aliphatic rings. The first-order valence-electron chi connectivity index (χ1n) is 8.92. The predicted octanol–water partition coefficient (Wildman–Crippen LogP) is 3.50. The maximum atomic E-state index is 12.3. The molecule has 0 spiro atoms. The molecule has 0 saturated carbocycles. The summed E-state index contributed by atoms with van der Waals surface area (Å²) in [7, 11) is 3.16. The molecule has 0 aliphatic heterocycles. The molecule has 0 fully saturated rings. The number of nitriles is 1. The summed E-state index contributed by atoms with van der Waals surface area (Å²) in [6.45, 7) is 4.40. The van der Waals surface area contributed by atoms with Gasteiger partial charge in [0.2, 0.25) is 0 Å². The molecule has 28 heavy (non-hydrogen) atoms. The molecule has 0 aromatic heterocycles. The Kier molecular flexibility index (Phi) is 7.46. The van der Waals surface area contributed by atoms with E-state index in [9.17, 15) is 10.1 Å². The van der Waals surface area contributed by atoms with E-state index in [2.05, 4.69) is 10.6 Å². The van der Waals surface area contributed by atoms with Crippen LogP contribution in [0.2, 0.25) is 0 Å². The Morgan fingerprint density at radius 1 is 1.14 bits per heavy atom. The second-order valence-electron chi connectivity index (χ2n) is 6.26. The van der Waals surface area contributed by atoms with Gasteiger partial charge in [-0.1, -0.05) is 18.2 Å². The highest BCUT2D eigenvalue weighted by molar-refractivity contribution is 5.97. The fraction of sp³-hybridized carbons (Fsp3) is 0.273. The van der Waals surface area contributed by atoms with Crippen molar-refractivity contribution in [2.24, 2.45) is 0 Å². The molecule has 146 valence electrons. The zero-order valence-corrected chi connectivity index (χ0v) is 16.6.